The molecule has 0 aliphatic rings. The summed E-state index contributed by atoms with van der Waals surface area (Å²) >= 11 is 6.56. The van der Waals surface area contributed by atoms with Gasteiger partial charge in [0.15, 0.2) is 0 Å². The molecule has 0 N–H and O–H groups in total. The zero-order chi connectivity index (χ0) is 13.4. The van der Waals surface area contributed by atoms with Crippen molar-refractivity contribution in [1.29, 1.82) is 0 Å². The molecule has 0 aliphatic carbocycles. The minimum absolute atomic E-state index is 1.11. The van der Waals surface area contributed by atoms with E-state index in [2.05, 4.69) is 57.8 Å². The molecule has 3 heteroatoms. The Balaban J connectivity index is 0. The molecule has 0 fully saturated rings. The van der Waals surface area contributed by atoms with Gasteiger partial charge in [0.1, 0.15) is 0 Å². The number of hydrogen-bond acceptors (Lipinski definition) is 1. The first-order valence-electron chi connectivity index (χ1n) is 6.95. The van der Waals surface area contributed by atoms with E-state index in [1.165, 1.54) is 57.9 Å². The highest BCUT2D eigenvalue weighted by Gasteiger charge is 1.91. The van der Waals surface area contributed by atoms with Gasteiger partial charge < -0.3 is 4.90 Å². The van der Waals surface area contributed by atoms with Crippen molar-refractivity contribution in [3.63, 3.8) is 0 Å². The first-order valence-corrected chi connectivity index (χ1v) is 9.20. The van der Waals surface area contributed by atoms with E-state index in [1.807, 2.05) is 0 Å². The summed E-state index contributed by atoms with van der Waals surface area (Å²) in [5, 5.41) is 2.22. The predicted molar refractivity (Wildman–Crippen MR) is 88.8 cm³/mol. The molecule has 106 valence electrons. The molecule has 1 nitrogen and oxygen atoms in total. The molecule has 0 heterocycles. The molecular formula is C14H31Br2N. The van der Waals surface area contributed by atoms with Crippen LogP contribution in [0.3, 0.4) is 0 Å². The van der Waals surface area contributed by atoms with Gasteiger partial charge in [-0.3, -0.25) is 0 Å². The fourth-order valence-corrected chi connectivity index (χ4v) is 2.75. The summed E-state index contributed by atoms with van der Waals surface area (Å²) in [6, 6.07) is 0. The minimum atomic E-state index is 1.11. The molecular weight excluding hydrogens is 342 g/mol. The van der Waals surface area contributed by atoms with Gasteiger partial charge in [0.05, 0.1) is 0 Å². The maximum absolute atomic E-state index is 3.28. The first-order chi connectivity index (χ1) is 8.18. The Morgan fingerprint density at radius 2 is 1.18 bits per heavy atom. The maximum atomic E-state index is 3.28. The lowest BCUT2D eigenvalue weighted by Crippen LogP contribution is -2.12. The van der Waals surface area contributed by atoms with Crippen LogP contribution in [0.2, 0.25) is 0 Å². The molecule has 0 aromatic rings. The second-order valence-corrected chi connectivity index (χ2v) is 6.24. The summed E-state index contributed by atoms with van der Waals surface area (Å²) < 4.78 is 0. The van der Waals surface area contributed by atoms with Crippen LogP contribution in [0.5, 0.6) is 0 Å². The highest BCUT2D eigenvalue weighted by atomic mass is 79.9. The van der Waals surface area contributed by atoms with Crippen LogP contribution < -0.4 is 0 Å². The zero-order valence-corrected chi connectivity index (χ0v) is 15.2. The van der Waals surface area contributed by atoms with E-state index in [4.69, 9.17) is 0 Å². The molecule has 0 radical (unpaired) electrons. The lowest BCUT2D eigenvalue weighted by Gasteiger charge is -2.08. The summed E-state index contributed by atoms with van der Waals surface area (Å²) in [6.45, 7) is 3.53. The summed E-state index contributed by atoms with van der Waals surface area (Å²) in [4.78, 5) is 2.27. The number of nitrogens with zero attached hydrogens (tertiary/aromatic N) is 1. The molecule has 0 aromatic heterocycles. The van der Waals surface area contributed by atoms with E-state index >= 15 is 0 Å². The van der Waals surface area contributed by atoms with E-state index in [9.17, 15) is 0 Å². The molecule has 0 saturated carbocycles. The van der Waals surface area contributed by atoms with Crippen LogP contribution >= 0.6 is 31.9 Å². The Hall–Kier alpha value is 0.920. The third-order valence-electron chi connectivity index (χ3n) is 2.48. The largest absolute Gasteiger partial charge is 0.309 e. The molecule has 0 bridgehead atoms. The Kier molecular flexibility index (Phi) is 22.9. The van der Waals surface area contributed by atoms with Gasteiger partial charge in [-0.25, -0.2) is 0 Å². The first kappa shape index (κ1) is 20.2. The number of alkyl halides is 2. The topological polar surface area (TPSA) is 3.24 Å². The van der Waals surface area contributed by atoms with E-state index in [-0.39, 0.29) is 0 Å². The van der Waals surface area contributed by atoms with Gasteiger partial charge in [-0.05, 0) is 33.5 Å². The molecule has 0 spiro atoms. The average Bonchev–Trinajstić information content (AvgIpc) is 2.29. The standard InChI is InChI=1S/C11H25N.C3H6Br2/c1-4-5-6-7-8-9-10-11-12(2)3;4-2-1-3-5/h4-11H2,1-3H3;1-3H2. The summed E-state index contributed by atoms with van der Waals surface area (Å²) in [7, 11) is 4.30. The molecule has 17 heavy (non-hydrogen) atoms. The van der Waals surface area contributed by atoms with Gasteiger partial charge in [0.2, 0.25) is 0 Å². The van der Waals surface area contributed by atoms with Crippen LogP contribution in [0, 0.1) is 0 Å². The number of halogens is 2. The third kappa shape index (κ3) is 26.5. The van der Waals surface area contributed by atoms with Crippen LogP contribution in [-0.2, 0) is 0 Å². The smallest absolute Gasteiger partial charge is 0.00392 e. The molecule has 0 rings (SSSR count). The van der Waals surface area contributed by atoms with E-state index in [0.717, 1.165) is 10.7 Å². The SMILES string of the molecule is BrCCCBr.CCCCCCCCCN(C)C. The highest BCUT2D eigenvalue weighted by Crippen LogP contribution is 2.06. The third-order valence-corrected chi connectivity index (χ3v) is 3.60. The molecule has 0 amide bonds. The van der Waals surface area contributed by atoms with Crippen molar-refractivity contribution >= 4 is 31.9 Å². The lowest BCUT2D eigenvalue weighted by atomic mass is 10.1. The number of hydrogen-bond donors (Lipinski definition) is 0. The van der Waals surface area contributed by atoms with Crippen LogP contribution in [0.1, 0.15) is 58.3 Å². The second-order valence-electron chi connectivity index (χ2n) is 4.66. The van der Waals surface area contributed by atoms with E-state index in [0.29, 0.717) is 0 Å². The fourth-order valence-electron chi connectivity index (χ4n) is 1.44. The number of unbranched alkanes of at least 4 members (excludes halogenated alkanes) is 6. The molecule has 0 atom stereocenters. The van der Waals surface area contributed by atoms with Crippen molar-refractivity contribution in [2.24, 2.45) is 0 Å². The molecule has 0 aromatic carbocycles. The summed E-state index contributed by atoms with van der Waals surface area (Å²) in [5.41, 5.74) is 0. The van der Waals surface area contributed by atoms with Gasteiger partial charge in [-0.15, -0.1) is 0 Å². The maximum Gasteiger partial charge on any atom is 0.00392 e. The van der Waals surface area contributed by atoms with Gasteiger partial charge in [0, 0.05) is 10.7 Å². The zero-order valence-electron chi connectivity index (χ0n) is 12.0. The average molecular weight is 373 g/mol. The second kappa shape index (κ2) is 19.3. The van der Waals surface area contributed by atoms with Crippen LogP contribution in [0.25, 0.3) is 0 Å². The van der Waals surface area contributed by atoms with Gasteiger partial charge in [0.25, 0.3) is 0 Å². The van der Waals surface area contributed by atoms with Crippen LogP contribution in [0.15, 0.2) is 0 Å². The van der Waals surface area contributed by atoms with Crippen molar-refractivity contribution in [1.82, 2.24) is 4.90 Å². The highest BCUT2D eigenvalue weighted by molar-refractivity contribution is 9.09. The number of rotatable bonds is 10. The Morgan fingerprint density at radius 1 is 0.706 bits per heavy atom. The van der Waals surface area contributed by atoms with Crippen molar-refractivity contribution < 1.29 is 0 Å². The quantitative estimate of drug-likeness (QED) is 0.363. The summed E-state index contributed by atoms with van der Waals surface area (Å²) in [6.07, 6.45) is 11.1. The normalized spacial score (nSPS) is 10.2. The van der Waals surface area contributed by atoms with Crippen molar-refractivity contribution in [3.8, 4) is 0 Å². The van der Waals surface area contributed by atoms with Crippen molar-refractivity contribution in [2.75, 3.05) is 31.3 Å². The monoisotopic (exact) mass is 371 g/mol. The summed E-state index contributed by atoms with van der Waals surface area (Å²) in [5.74, 6) is 0. The van der Waals surface area contributed by atoms with Crippen LogP contribution in [0.4, 0.5) is 0 Å². The fraction of sp³-hybridized carbons (Fsp3) is 1.00. The minimum Gasteiger partial charge on any atom is -0.309 e. The van der Waals surface area contributed by atoms with Crippen LogP contribution in [-0.4, -0.2) is 36.2 Å². The Bertz CT molecular complexity index is 117. The Labute approximate surface area is 126 Å². The van der Waals surface area contributed by atoms with Gasteiger partial charge in [-0.2, -0.15) is 0 Å². The van der Waals surface area contributed by atoms with E-state index in [1.54, 1.807) is 0 Å². The van der Waals surface area contributed by atoms with E-state index < -0.39 is 0 Å². The Morgan fingerprint density at radius 3 is 1.53 bits per heavy atom. The molecule has 0 saturated heterocycles. The van der Waals surface area contributed by atoms with Gasteiger partial charge >= 0.3 is 0 Å². The van der Waals surface area contributed by atoms with Gasteiger partial charge in [-0.1, -0.05) is 77.3 Å². The predicted octanol–water partition coefficient (Wildman–Crippen LogP) is 5.46. The van der Waals surface area contributed by atoms with Crippen molar-refractivity contribution in [2.45, 2.75) is 58.3 Å². The molecule has 0 unspecified atom stereocenters. The lowest BCUT2D eigenvalue weighted by molar-refractivity contribution is 0.389. The molecule has 0 aliphatic heterocycles. The van der Waals surface area contributed by atoms with Crippen molar-refractivity contribution in [3.05, 3.63) is 0 Å².